The van der Waals surface area contributed by atoms with Crippen LogP contribution in [-0.2, 0) is 25.4 Å². The molecule has 1 saturated heterocycles. The van der Waals surface area contributed by atoms with Gasteiger partial charge in [-0.3, -0.25) is 5.09 Å². The molecule has 9 heteroatoms. The van der Waals surface area contributed by atoms with Gasteiger partial charge >= 0.3 is 0 Å². The molecule has 0 aliphatic carbocycles. The fourth-order valence-electron chi connectivity index (χ4n) is 2.55. The Kier molecular flexibility index (Phi) is 6.91. The van der Waals surface area contributed by atoms with E-state index in [4.69, 9.17) is 14.2 Å². The third kappa shape index (κ3) is 5.34. The SMILES string of the molecule is CO[C@@H]1O[C@H](COCc2ccccc2)[C@@H](O)[C@H](O)[C@H]1NP(C)(=O)[O-]. The highest BCUT2D eigenvalue weighted by molar-refractivity contribution is 7.53. The molecule has 1 heterocycles. The summed E-state index contributed by atoms with van der Waals surface area (Å²) in [5.41, 5.74) is 0.962. The average molecular weight is 360 g/mol. The molecule has 1 aliphatic heterocycles. The molecule has 1 aliphatic rings. The third-order valence-corrected chi connectivity index (χ3v) is 4.48. The second kappa shape index (κ2) is 8.51. The molecular formula is C15H23NO7P-. The van der Waals surface area contributed by atoms with Crippen molar-refractivity contribution in [3.8, 4) is 0 Å². The van der Waals surface area contributed by atoms with Crippen LogP contribution in [0.4, 0.5) is 0 Å². The molecule has 0 aromatic heterocycles. The molecule has 0 radical (unpaired) electrons. The molecule has 6 atom stereocenters. The van der Waals surface area contributed by atoms with Crippen molar-refractivity contribution in [1.29, 1.82) is 0 Å². The van der Waals surface area contributed by atoms with Gasteiger partial charge in [0.15, 0.2) is 6.29 Å². The predicted octanol–water partition coefficient (Wildman–Crippen LogP) is -0.562. The lowest BCUT2D eigenvalue weighted by Gasteiger charge is -2.44. The Balaban J connectivity index is 1.94. The van der Waals surface area contributed by atoms with Crippen LogP contribution in [0.15, 0.2) is 30.3 Å². The number of hydrogen-bond acceptors (Lipinski definition) is 7. The maximum Gasteiger partial charge on any atom is 0.175 e. The largest absolute Gasteiger partial charge is 0.788 e. The highest BCUT2D eigenvalue weighted by Gasteiger charge is 2.45. The van der Waals surface area contributed by atoms with Crippen LogP contribution < -0.4 is 9.98 Å². The van der Waals surface area contributed by atoms with Gasteiger partial charge in [0.25, 0.3) is 0 Å². The van der Waals surface area contributed by atoms with E-state index in [1.165, 1.54) is 7.11 Å². The summed E-state index contributed by atoms with van der Waals surface area (Å²) in [6, 6.07) is 8.38. The Morgan fingerprint density at radius 2 is 1.96 bits per heavy atom. The molecule has 8 nitrogen and oxygen atoms in total. The zero-order valence-electron chi connectivity index (χ0n) is 13.6. The van der Waals surface area contributed by atoms with E-state index in [0.717, 1.165) is 12.2 Å². The first kappa shape index (κ1) is 19.5. The molecule has 2 rings (SSSR count). The maximum atomic E-state index is 11.4. The Morgan fingerprint density at radius 3 is 2.54 bits per heavy atom. The van der Waals surface area contributed by atoms with Gasteiger partial charge in [-0.05, 0) is 12.2 Å². The Labute approximate surface area is 140 Å². The van der Waals surface area contributed by atoms with Crippen LogP contribution in [0, 0.1) is 0 Å². The van der Waals surface area contributed by atoms with Crippen molar-refractivity contribution in [2.45, 2.75) is 37.3 Å². The minimum Gasteiger partial charge on any atom is -0.788 e. The summed E-state index contributed by atoms with van der Waals surface area (Å²) in [7, 11) is -2.56. The molecule has 1 aromatic rings. The van der Waals surface area contributed by atoms with Gasteiger partial charge in [-0.25, -0.2) is 0 Å². The maximum absolute atomic E-state index is 11.4. The van der Waals surface area contributed by atoms with E-state index in [1.54, 1.807) is 0 Å². The van der Waals surface area contributed by atoms with Gasteiger partial charge < -0.3 is 33.9 Å². The highest BCUT2D eigenvalue weighted by Crippen LogP contribution is 2.30. The molecular weight excluding hydrogens is 337 g/mol. The van der Waals surface area contributed by atoms with Crippen LogP contribution in [0.5, 0.6) is 0 Å². The molecule has 0 amide bonds. The van der Waals surface area contributed by atoms with Crippen molar-refractivity contribution >= 4 is 7.52 Å². The summed E-state index contributed by atoms with van der Waals surface area (Å²) in [5.74, 6) is 0. The van der Waals surface area contributed by atoms with E-state index in [0.29, 0.717) is 6.61 Å². The molecule has 24 heavy (non-hydrogen) atoms. The van der Waals surface area contributed by atoms with Crippen molar-refractivity contribution in [3.63, 3.8) is 0 Å². The monoisotopic (exact) mass is 360 g/mol. The van der Waals surface area contributed by atoms with E-state index in [1.807, 2.05) is 30.3 Å². The second-order valence-electron chi connectivity index (χ2n) is 5.76. The van der Waals surface area contributed by atoms with Gasteiger partial charge in [0, 0.05) is 7.11 Å². The van der Waals surface area contributed by atoms with Gasteiger partial charge in [0.1, 0.15) is 18.3 Å². The summed E-state index contributed by atoms with van der Waals surface area (Å²) in [4.78, 5) is 11.4. The molecule has 1 fully saturated rings. The van der Waals surface area contributed by atoms with Gasteiger partial charge in [0.05, 0.1) is 26.8 Å². The van der Waals surface area contributed by atoms with Gasteiger partial charge in [-0.2, -0.15) is 0 Å². The average Bonchev–Trinajstić information content (AvgIpc) is 2.54. The van der Waals surface area contributed by atoms with Crippen molar-refractivity contribution < 1.29 is 33.9 Å². The van der Waals surface area contributed by atoms with Crippen molar-refractivity contribution in [2.24, 2.45) is 0 Å². The van der Waals surface area contributed by atoms with Crippen molar-refractivity contribution in [1.82, 2.24) is 5.09 Å². The summed E-state index contributed by atoms with van der Waals surface area (Å²) >= 11 is 0. The lowest BCUT2D eigenvalue weighted by Crippen LogP contribution is -2.63. The topological polar surface area (TPSA) is 120 Å². The smallest absolute Gasteiger partial charge is 0.175 e. The van der Waals surface area contributed by atoms with Crippen LogP contribution in [0.1, 0.15) is 5.56 Å². The minimum atomic E-state index is -3.89. The Hall–Kier alpha value is -0.830. The number of methoxy groups -OCH3 is 1. The number of ether oxygens (including phenoxy) is 3. The van der Waals surface area contributed by atoms with Crippen LogP contribution >= 0.6 is 7.52 Å². The first-order valence-corrected chi connectivity index (χ1v) is 9.61. The van der Waals surface area contributed by atoms with Crippen LogP contribution in [0.3, 0.4) is 0 Å². The Bertz CT molecular complexity index is 550. The van der Waals surface area contributed by atoms with Crippen LogP contribution in [0.2, 0.25) is 0 Å². The third-order valence-electron chi connectivity index (χ3n) is 3.71. The zero-order chi connectivity index (χ0) is 17.7. The van der Waals surface area contributed by atoms with Crippen molar-refractivity contribution in [2.75, 3.05) is 20.4 Å². The minimum absolute atomic E-state index is 0.0286. The molecule has 0 bridgehead atoms. The fourth-order valence-corrected chi connectivity index (χ4v) is 3.36. The molecule has 0 saturated carbocycles. The van der Waals surface area contributed by atoms with E-state index < -0.39 is 38.2 Å². The highest BCUT2D eigenvalue weighted by atomic mass is 31.2. The number of aliphatic hydroxyl groups is 2. The number of benzene rings is 1. The summed E-state index contributed by atoms with van der Waals surface area (Å²) in [6.45, 7) is 1.34. The predicted molar refractivity (Wildman–Crippen MR) is 84.2 cm³/mol. The Morgan fingerprint density at radius 1 is 1.29 bits per heavy atom. The van der Waals surface area contributed by atoms with Crippen LogP contribution in [-0.4, -0.2) is 61.2 Å². The standard InChI is InChI=1S/C15H24NO7P/c1-21-15-12(16-24(2,19)20)14(18)13(17)11(23-15)9-22-8-10-6-4-3-5-7-10/h3-7,11-15,17-18H,8-9H2,1-2H3,(H2,16,19,20)/p-1/t11-,12-,13-,14-,15-/m1/s1. The molecule has 1 aromatic carbocycles. The second-order valence-corrected chi connectivity index (χ2v) is 7.71. The number of aliphatic hydroxyl groups excluding tert-OH is 2. The lowest BCUT2D eigenvalue weighted by molar-refractivity contribution is -0.266. The summed E-state index contributed by atoms with van der Waals surface area (Å²) in [6.07, 6.45) is -4.56. The van der Waals surface area contributed by atoms with E-state index in [-0.39, 0.29) is 6.61 Å². The van der Waals surface area contributed by atoms with Gasteiger partial charge in [-0.15, -0.1) is 0 Å². The normalized spacial score (nSPS) is 33.1. The quantitative estimate of drug-likeness (QED) is 0.554. The zero-order valence-corrected chi connectivity index (χ0v) is 14.5. The first-order valence-electron chi connectivity index (χ1n) is 7.54. The lowest BCUT2D eigenvalue weighted by atomic mass is 9.98. The number of nitrogens with one attached hydrogen (secondary N) is 1. The molecule has 0 spiro atoms. The van der Waals surface area contributed by atoms with Crippen molar-refractivity contribution in [3.05, 3.63) is 35.9 Å². The molecule has 136 valence electrons. The van der Waals surface area contributed by atoms with Gasteiger partial charge in [-0.1, -0.05) is 30.3 Å². The van der Waals surface area contributed by atoms with Gasteiger partial charge in [0.2, 0.25) is 0 Å². The van der Waals surface area contributed by atoms with E-state index >= 15 is 0 Å². The van der Waals surface area contributed by atoms with Crippen LogP contribution in [0.25, 0.3) is 0 Å². The molecule has 1 unspecified atom stereocenters. The number of hydrogen-bond donors (Lipinski definition) is 3. The number of rotatable bonds is 7. The summed E-state index contributed by atoms with van der Waals surface area (Å²) < 4.78 is 27.6. The summed E-state index contributed by atoms with van der Waals surface area (Å²) in [5, 5.41) is 22.6. The van der Waals surface area contributed by atoms with E-state index in [9.17, 15) is 19.7 Å². The molecule has 3 N–H and O–H groups in total. The fraction of sp³-hybridized carbons (Fsp3) is 0.600. The first-order chi connectivity index (χ1) is 11.3. The van der Waals surface area contributed by atoms with E-state index in [2.05, 4.69) is 5.09 Å².